The minimum atomic E-state index is -0.125. The molecule has 5 rings (SSSR count). The van der Waals surface area contributed by atoms with E-state index < -0.39 is 0 Å². The molecule has 0 unspecified atom stereocenters. The zero-order valence-corrected chi connectivity index (χ0v) is 19.7. The van der Waals surface area contributed by atoms with E-state index in [0.29, 0.717) is 30.3 Å². The van der Waals surface area contributed by atoms with Crippen LogP contribution in [-0.4, -0.2) is 40.6 Å². The van der Waals surface area contributed by atoms with E-state index in [-0.39, 0.29) is 18.4 Å². The molecule has 1 saturated carbocycles. The molecule has 1 aromatic heterocycles. The molecule has 2 N–H and O–H groups in total. The number of aromatic nitrogens is 2. The van der Waals surface area contributed by atoms with Crippen molar-refractivity contribution >= 4 is 22.8 Å². The van der Waals surface area contributed by atoms with Crippen molar-refractivity contribution in [1.29, 1.82) is 0 Å². The Labute approximate surface area is 204 Å². The van der Waals surface area contributed by atoms with Crippen LogP contribution >= 0.6 is 0 Å². The lowest BCUT2D eigenvalue weighted by molar-refractivity contribution is -0.123. The Balaban J connectivity index is 1.14. The molecule has 0 atom stereocenters. The highest BCUT2D eigenvalue weighted by atomic mass is 16.5. The highest BCUT2D eigenvalue weighted by Crippen LogP contribution is 2.22. The number of hydrogen-bond donors (Lipinski definition) is 2. The summed E-state index contributed by atoms with van der Waals surface area (Å²) in [4.78, 5) is 29.1. The summed E-state index contributed by atoms with van der Waals surface area (Å²) in [6.45, 7) is 2.50. The molecular formula is C28H28N4O3. The molecule has 35 heavy (non-hydrogen) atoms. The number of imidazole rings is 1. The molecule has 0 aliphatic heterocycles. The molecule has 0 bridgehead atoms. The number of amides is 2. The minimum absolute atomic E-state index is 0.0271. The number of fused-ring (bicyclic) bond motifs is 1. The van der Waals surface area contributed by atoms with Crippen LogP contribution < -0.4 is 15.4 Å². The molecule has 0 radical (unpaired) electrons. The first-order valence-corrected chi connectivity index (χ1v) is 11.9. The predicted octanol–water partition coefficient (Wildman–Crippen LogP) is 3.96. The van der Waals surface area contributed by atoms with Crippen LogP contribution in [0.25, 0.3) is 16.7 Å². The Kier molecular flexibility index (Phi) is 6.48. The van der Waals surface area contributed by atoms with E-state index in [0.717, 1.165) is 41.0 Å². The Morgan fingerprint density at radius 1 is 1.03 bits per heavy atom. The zero-order valence-electron chi connectivity index (χ0n) is 19.7. The quantitative estimate of drug-likeness (QED) is 0.389. The van der Waals surface area contributed by atoms with Crippen molar-refractivity contribution in [3.8, 4) is 11.4 Å². The maximum atomic E-state index is 12.7. The summed E-state index contributed by atoms with van der Waals surface area (Å²) in [5.41, 5.74) is 4.47. The van der Waals surface area contributed by atoms with Crippen LogP contribution in [0.15, 0.2) is 72.8 Å². The average molecular weight is 469 g/mol. The molecule has 0 saturated heterocycles. The second-order valence-corrected chi connectivity index (χ2v) is 8.81. The van der Waals surface area contributed by atoms with Gasteiger partial charge in [0.2, 0.25) is 0 Å². The number of hydrogen-bond acceptors (Lipinski definition) is 4. The van der Waals surface area contributed by atoms with Crippen molar-refractivity contribution in [1.82, 2.24) is 20.2 Å². The highest BCUT2D eigenvalue weighted by molar-refractivity contribution is 5.97. The van der Waals surface area contributed by atoms with Crippen molar-refractivity contribution in [2.24, 2.45) is 0 Å². The van der Waals surface area contributed by atoms with Gasteiger partial charge in [-0.15, -0.1) is 0 Å². The predicted molar refractivity (Wildman–Crippen MR) is 135 cm³/mol. The summed E-state index contributed by atoms with van der Waals surface area (Å²) in [5.74, 6) is 1.32. The van der Waals surface area contributed by atoms with Crippen LogP contribution in [0.2, 0.25) is 0 Å². The van der Waals surface area contributed by atoms with Gasteiger partial charge in [0.15, 0.2) is 6.61 Å². The Morgan fingerprint density at radius 3 is 2.54 bits per heavy atom. The SMILES string of the molecule is Cc1nc2cc(C(=O)NCCc3ccc(OCC(=O)NC4CC4)cc3)ccc2n1-c1ccccc1. The van der Waals surface area contributed by atoms with Crippen LogP contribution in [0.5, 0.6) is 5.75 Å². The second-order valence-electron chi connectivity index (χ2n) is 8.81. The molecule has 0 spiro atoms. The van der Waals surface area contributed by atoms with E-state index >= 15 is 0 Å². The molecule has 2 amide bonds. The normalized spacial score (nSPS) is 12.9. The highest BCUT2D eigenvalue weighted by Gasteiger charge is 2.23. The third-order valence-electron chi connectivity index (χ3n) is 6.03. The van der Waals surface area contributed by atoms with E-state index in [4.69, 9.17) is 4.74 Å². The molecule has 3 aromatic carbocycles. The van der Waals surface area contributed by atoms with Gasteiger partial charge in [0.1, 0.15) is 11.6 Å². The Morgan fingerprint density at radius 2 is 1.80 bits per heavy atom. The van der Waals surface area contributed by atoms with Crippen molar-refractivity contribution < 1.29 is 14.3 Å². The van der Waals surface area contributed by atoms with E-state index in [1.54, 1.807) is 0 Å². The lowest BCUT2D eigenvalue weighted by Crippen LogP contribution is -2.30. The summed E-state index contributed by atoms with van der Waals surface area (Å²) in [7, 11) is 0. The smallest absolute Gasteiger partial charge is 0.258 e. The molecule has 1 heterocycles. The number of carbonyl (C=O) groups is 2. The maximum Gasteiger partial charge on any atom is 0.258 e. The van der Waals surface area contributed by atoms with Crippen molar-refractivity contribution in [3.05, 3.63) is 89.7 Å². The second kappa shape index (κ2) is 10.0. The Bertz CT molecular complexity index is 1340. The van der Waals surface area contributed by atoms with Crippen molar-refractivity contribution in [3.63, 3.8) is 0 Å². The van der Waals surface area contributed by atoms with Gasteiger partial charge in [-0.1, -0.05) is 30.3 Å². The average Bonchev–Trinajstić information content (AvgIpc) is 3.62. The minimum Gasteiger partial charge on any atom is -0.484 e. The summed E-state index contributed by atoms with van der Waals surface area (Å²) in [5, 5.41) is 5.89. The van der Waals surface area contributed by atoms with Crippen LogP contribution in [0.4, 0.5) is 0 Å². The number of para-hydroxylation sites is 1. The standard InChI is InChI=1S/C28H28N4O3/c1-19-30-25-17-21(9-14-26(25)32(19)23-5-3-2-4-6-23)28(34)29-16-15-20-7-12-24(13-8-20)35-18-27(33)31-22-10-11-22/h2-9,12-14,17,22H,10-11,15-16,18H2,1H3,(H,29,34)(H,31,33). The van der Waals surface area contributed by atoms with Gasteiger partial charge in [-0.3, -0.25) is 14.2 Å². The summed E-state index contributed by atoms with van der Waals surface area (Å²) < 4.78 is 7.62. The molecular weight excluding hydrogens is 440 g/mol. The summed E-state index contributed by atoms with van der Waals surface area (Å²) >= 11 is 0. The van der Waals surface area contributed by atoms with E-state index in [1.165, 1.54) is 0 Å². The number of ether oxygens (including phenoxy) is 1. The molecule has 1 aliphatic rings. The van der Waals surface area contributed by atoms with Crippen LogP contribution in [0.1, 0.15) is 34.6 Å². The number of nitrogens with zero attached hydrogens (tertiary/aromatic N) is 2. The third kappa shape index (κ3) is 5.51. The van der Waals surface area contributed by atoms with Crippen LogP contribution in [-0.2, 0) is 11.2 Å². The number of carbonyl (C=O) groups excluding carboxylic acids is 2. The fourth-order valence-corrected chi connectivity index (χ4v) is 4.07. The van der Waals surface area contributed by atoms with Gasteiger partial charge in [-0.25, -0.2) is 4.98 Å². The van der Waals surface area contributed by atoms with E-state index in [1.807, 2.05) is 79.7 Å². The molecule has 7 nitrogen and oxygen atoms in total. The van der Waals surface area contributed by atoms with Crippen LogP contribution in [0.3, 0.4) is 0 Å². The van der Waals surface area contributed by atoms with Crippen LogP contribution in [0, 0.1) is 6.92 Å². The van der Waals surface area contributed by atoms with Gasteiger partial charge in [0.05, 0.1) is 11.0 Å². The first-order valence-electron chi connectivity index (χ1n) is 11.9. The zero-order chi connectivity index (χ0) is 24.2. The number of nitrogens with one attached hydrogen (secondary N) is 2. The first kappa shape index (κ1) is 22.7. The van der Waals surface area contributed by atoms with Gasteiger partial charge in [-0.05, 0) is 74.2 Å². The van der Waals surface area contributed by atoms with Crippen molar-refractivity contribution in [2.45, 2.75) is 32.2 Å². The van der Waals surface area contributed by atoms with Gasteiger partial charge < -0.3 is 15.4 Å². The van der Waals surface area contributed by atoms with Gasteiger partial charge in [0.25, 0.3) is 11.8 Å². The summed E-state index contributed by atoms with van der Waals surface area (Å²) in [6, 6.07) is 23.6. The number of aryl methyl sites for hydroxylation is 1. The summed E-state index contributed by atoms with van der Waals surface area (Å²) in [6.07, 6.45) is 2.81. The number of rotatable bonds is 9. The lowest BCUT2D eigenvalue weighted by Gasteiger charge is -2.09. The molecule has 1 fully saturated rings. The van der Waals surface area contributed by atoms with Gasteiger partial charge in [-0.2, -0.15) is 0 Å². The first-order chi connectivity index (χ1) is 17.1. The lowest BCUT2D eigenvalue weighted by atomic mass is 10.1. The monoisotopic (exact) mass is 468 g/mol. The fraction of sp³-hybridized carbons (Fsp3) is 0.250. The molecule has 4 aromatic rings. The molecule has 178 valence electrons. The Hall–Kier alpha value is -4.13. The topological polar surface area (TPSA) is 85.2 Å². The van der Waals surface area contributed by atoms with E-state index in [2.05, 4.69) is 20.2 Å². The molecule has 1 aliphatic carbocycles. The maximum absolute atomic E-state index is 12.7. The fourth-order valence-electron chi connectivity index (χ4n) is 4.07. The van der Waals surface area contributed by atoms with E-state index in [9.17, 15) is 9.59 Å². The van der Waals surface area contributed by atoms with Gasteiger partial charge >= 0.3 is 0 Å². The third-order valence-corrected chi connectivity index (χ3v) is 6.03. The number of benzene rings is 3. The molecule has 7 heteroatoms. The van der Waals surface area contributed by atoms with Crippen molar-refractivity contribution in [2.75, 3.05) is 13.2 Å². The largest absolute Gasteiger partial charge is 0.484 e. The van der Waals surface area contributed by atoms with Gasteiger partial charge in [0, 0.05) is 23.8 Å².